The molecule has 0 aromatic heterocycles. The minimum atomic E-state index is -1.01. The van der Waals surface area contributed by atoms with Crippen LogP contribution in [0.5, 0.6) is 0 Å². The summed E-state index contributed by atoms with van der Waals surface area (Å²) in [5.74, 6) is 0.204. The predicted molar refractivity (Wildman–Crippen MR) is 207 cm³/mol. The van der Waals surface area contributed by atoms with E-state index in [-0.39, 0.29) is 74.3 Å². The first kappa shape index (κ1) is 45.7. The molecule has 4 aliphatic heterocycles. The second-order valence-corrected chi connectivity index (χ2v) is 19.3. The lowest BCUT2D eigenvalue weighted by Gasteiger charge is -2.65. The molecule has 4 saturated carbocycles. The van der Waals surface area contributed by atoms with Gasteiger partial charge in [-0.15, -0.1) is 0 Å². The van der Waals surface area contributed by atoms with Crippen molar-refractivity contribution in [3.63, 3.8) is 0 Å². The number of aliphatic hydroxyl groups is 8. The van der Waals surface area contributed by atoms with E-state index in [9.17, 15) is 35.4 Å². The van der Waals surface area contributed by atoms with Gasteiger partial charge in [-0.3, -0.25) is 0 Å². The monoisotopic (exact) mass is 842 g/mol. The van der Waals surface area contributed by atoms with Gasteiger partial charge in [0.25, 0.3) is 0 Å². The van der Waals surface area contributed by atoms with Crippen LogP contribution in [0.15, 0.2) is 11.6 Å². The summed E-state index contributed by atoms with van der Waals surface area (Å²) in [6.45, 7) is 9.65. The SMILES string of the molecule is C[C@H]1O[C@@H](O[C@H]2[C@@H](O)C[C@H](O[C@H]3[C@@H](O)C[C@H](O[C@H]4CC[C@@]5(C)[C@H](CC[C@@H]6[C@@H]5C[C@@H](O)[C@]5(C)[C@@H](C7=CC(=O)OC7)CC[C@]65O)C4)O[C@@H]3C)O[C@@H]2C)C[C@H](O)[C@@H]1O.OCCO. The van der Waals surface area contributed by atoms with Crippen molar-refractivity contribution in [3.8, 4) is 0 Å². The second kappa shape index (κ2) is 18.0. The third-order valence-corrected chi connectivity index (χ3v) is 16.1. The molecule has 0 bridgehead atoms. The van der Waals surface area contributed by atoms with E-state index in [4.69, 9.17) is 43.4 Å². The van der Waals surface area contributed by atoms with Gasteiger partial charge in [0.2, 0.25) is 0 Å². The molecule has 0 spiro atoms. The molecule has 0 aromatic carbocycles. The Kier molecular flexibility index (Phi) is 14.0. The van der Waals surface area contributed by atoms with Crippen molar-refractivity contribution in [1.82, 2.24) is 0 Å². The Labute approximate surface area is 347 Å². The molecule has 59 heavy (non-hydrogen) atoms. The smallest absolute Gasteiger partial charge is 0.331 e. The van der Waals surface area contributed by atoms with Gasteiger partial charge in [0.15, 0.2) is 18.9 Å². The Hall–Kier alpha value is -1.35. The van der Waals surface area contributed by atoms with Crippen molar-refractivity contribution < 1.29 is 78.8 Å². The van der Waals surface area contributed by atoms with Gasteiger partial charge in [0.05, 0.1) is 67.6 Å². The van der Waals surface area contributed by atoms with Crippen LogP contribution in [0.2, 0.25) is 0 Å². The summed E-state index contributed by atoms with van der Waals surface area (Å²) in [5.41, 5.74) is -0.892. The van der Waals surface area contributed by atoms with Crippen LogP contribution in [0.25, 0.3) is 0 Å². The summed E-state index contributed by atoms with van der Waals surface area (Å²) in [7, 11) is 0. The molecule has 0 amide bonds. The zero-order valence-corrected chi connectivity index (χ0v) is 35.2. The number of cyclic esters (lactones) is 1. The summed E-state index contributed by atoms with van der Waals surface area (Å²) in [6, 6.07) is 0. The molecular formula is C43H70O16. The Balaban J connectivity index is 0.00000126. The fraction of sp³-hybridized carbons (Fsp3) is 0.930. The third-order valence-electron chi connectivity index (χ3n) is 16.1. The molecule has 0 aromatic rings. The van der Waals surface area contributed by atoms with Gasteiger partial charge in [-0.2, -0.15) is 0 Å². The molecule has 4 heterocycles. The van der Waals surface area contributed by atoms with Gasteiger partial charge in [-0.05, 0) is 107 Å². The van der Waals surface area contributed by atoms with Crippen molar-refractivity contribution in [1.29, 1.82) is 0 Å². The molecule has 7 fully saturated rings. The van der Waals surface area contributed by atoms with Crippen LogP contribution in [-0.2, 0) is 38.0 Å². The Morgan fingerprint density at radius 2 is 1.27 bits per heavy atom. The van der Waals surface area contributed by atoms with Gasteiger partial charge in [-0.1, -0.05) is 13.8 Å². The van der Waals surface area contributed by atoms with Gasteiger partial charge in [0.1, 0.15) is 24.9 Å². The van der Waals surface area contributed by atoms with Gasteiger partial charge in [-0.25, -0.2) is 4.79 Å². The molecule has 0 unspecified atom stereocenters. The molecule has 16 heteroatoms. The first-order valence-electron chi connectivity index (χ1n) is 22.1. The summed E-state index contributed by atoms with van der Waals surface area (Å²) in [5, 5.41) is 82.1. The lowest BCUT2D eigenvalue weighted by Crippen LogP contribution is -2.67. The average Bonchev–Trinajstić information content (AvgIpc) is 3.74. The maximum absolute atomic E-state index is 12.6. The molecular weight excluding hydrogens is 772 g/mol. The van der Waals surface area contributed by atoms with Crippen LogP contribution in [0, 0.1) is 34.5 Å². The molecule has 8 aliphatic rings. The lowest BCUT2D eigenvalue weighted by atomic mass is 9.42. The zero-order valence-electron chi connectivity index (χ0n) is 35.2. The normalized spacial score (nSPS) is 52.3. The number of hydrogen-bond acceptors (Lipinski definition) is 16. The van der Waals surface area contributed by atoms with Gasteiger partial charge >= 0.3 is 5.97 Å². The van der Waals surface area contributed by atoms with Crippen LogP contribution >= 0.6 is 0 Å². The molecule has 3 saturated heterocycles. The number of aliphatic hydroxyl groups excluding tert-OH is 7. The molecule has 8 N–H and O–H groups in total. The standard InChI is InChI=1S/C41H64O14.C2H6O2/c1-19-36(47)28(42)15-34(50-19)54-38-21(3)52-35(17-30(38)44)55-37-20(2)51-33(16-29(37)43)53-24-8-10-39(4)23(13-24)6-7-26-27(39)14-31(45)40(5)25(9-11-41(26,40)48)22-12-32(46)49-18-22;3-1-2-4/h12,19-21,23-31,33-38,42-45,47-48H,6-11,13-18H2,1-5H3;3-4H,1-2H2/t19-,20-,21-,23-,24+,25-,26-,27+,28+,29+,30+,31-,33+,34+,35+,36-,37-,38-,39+,40+,41+;/m1./s1. The van der Waals surface area contributed by atoms with E-state index in [1.54, 1.807) is 19.9 Å². The minimum Gasteiger partial charge on any atom is -0.458 e. The van der Waals surface area contributed by atoms with E-state index in [1.165, 1.54) is 0 Å². The van der Waals surface area contributed by atoms with Crippen LogP contribution < -0.4 is 0 Å². The fourth-order valence-corrected chi connectivity index (χ4v) is 12.8. The van der Waals surface area contributed by atoms with E-state index in [2.05, 4.69) is 6.92 Å². The van der Waals surface area contributed by atoms with Crippen molar-refractivity contribution in [2.75, 3.05) is 19.8 Å². The van der Waals surface area contributed by atoms with Crippen LogP contribution in [0.3, 0.4) is 0 Å². The predicted octanol–water partition coefficient (Wildman–Crippen LogP) is 1.19. The summed E-state index contributed by atoms with van der Waals surface area (Å²) >= 11 is 0. The highest BCUT2D eigenvalue weighted by atomic mass is 16.7. The second-order valence-electron chi connectivity index (χ2n) is 19.3. The summed E-state index contributed by atoms with van der Waals surface area (Å²) in [6.07, 6.45) is -1.51. The maximum Gasteiger partial charge on any atom is 0.331 e. The number of ether oxygens (including phenoxy) is 7. The molecule has 21 atom stereocenters. The Bertz CT molecular complexity index is 1440. The van der Waals surface area contributed by atoms with Crippen molar-refractivity contribution in [3.05, 3.63) is 11.6 Å². The quantitative estimate of drug-likeness (QED) is 0.126. The molecule has 8 rings (SSSR count). The van der Waals surface area contributed by atoms with Gasteiger partial charge in [0, 0.05) is 30.8 Å². The van der Waals surface area contributed by atoms with Crippen LogP contribution in [-0.4, -0.2) is 158 Å². The number of carbonyl (C=O) groups excluding carboxylic acids is 1. The van der Waals surface area contributed by atoms with Crippen LogP contribution in [0.4, 0.5) is 0 Å². The average molecular weight is 843 g/mol. The van der Waals surface area contributed by atoms with E-state index >= 15 is 0 Å². The lowest BCUT2D eigenvalue weighted by molar-refractivity contribution is -0.336. The first-order valence-corrected chi connectivity index (χ1v) is 22.1. The molecule has 338 valence electrons. The number of hydrogen-bond donors (Lipinski definition) is 8. The summed E-state index contributed by atoms with van der Waals surface area (Å²) in [4.78, 5) is 11.9. The fourth-order valence-electron chi connectivity index (χ4n) is 12.8. The number of esters is 1. The third kappa shape index (κ3) is 8.55. The highest BCUT2D eigenvalue weighted by Crippen LogP contribution is 2.70. The van der Waals surface area contributed by atoms with Crippen molar-refractivity contribution in [2.45, 2.75) is 197 Å². The first-order chi connectivity index (χ1) is 27.9. The van der Waals surface area contributed by atoms with E-state index in [1.807, 2.05) is 13.8 Å². The van der Waals surface area contributed by atoms with E-state index < -0.39 is 90.9 Å². The maximum atomic E-state index is 12.6. The van der Waals surface area contributed by atoms with Crippen molar-refractivity contribution >= 4 is 5.97 Å². The number of fused-ring (bicyclic) bond motifs is 5. The zero-order chi connectivity index (χ0) is 42.6. The van der Waals surface area contributed by atoms with E-state index in [0.29, 0.717) is 18.8 Å². The minimum absolute atomic E-state index is 0.0452. The molecule has 16 nitrogen and oxygen atoms in total. The number of rotatable bonds is 8. The van der Waals surface area contributed by atoms with Gasteiger partial charge < -0.3 is 74.0 Å². The Morgan fingerprint density at radius 3 is 1.81 bits per heavy atom. The highest BCUT2D eigenvalue weighted by Gasteiger charge is 2.71. The molecule has 4 aliphatic carbocycles. The number of carbonyl (C=O) groups is 1. The molecule has 0 radical (unpaired) electrons. The summed E-state index contributed by atoms with van der Waals surface area (Å²) < 4.78 is 42.1. The van der Waals surface area contributed by atoms with Crippen molar-refractivity contribution in [2.24, 2.45) is 34.5 Å². The topological polar surface area (TPSA) is 244 Å². The van der Waals surface area contributed by atoms with E-state index in [0.717, 1.165) is 44.1 Å². The van der Waals surface area contributed by atoms with Crippen LogP contribution in [0.1, 0.15) is 105 Å². The highest BCUT2D eigenvalue weighted by molar-refractivity contribution is 5.85. The largest absolute Gasteiger partial charge is 0.458 e. The Morgan fingerprint density at radius 1 is 0.695 bits per heavy atom.